The first kappa shape index (κ1) is 6.02. The predicted octanol–water partition coefficient (Wildman–Crippen LogP) is 1.99. The smallest absolute Gasteiger partial charge is 0.0576 e. The third kappa shape index (κ3) is 0.962. The minimum Gasteiger partial charge on any atom is -0.285 e. The molecule has 0 aromatic heterocycles. The SMILES string of the molecule is C1=CC2=C(CCCC2)[N]C1. The second kappa shape index (κ2) is 2.49. The van der Waals surface area contributed by atoms with Crippen molar-refractivity contribution in [3.05, 3.63) is 23.4 Å². The summed E-state index contributed by atoms with van der Waals surface area (Å²) in [6.45, 7) is 0.916. The van der Waals surface area contributed by atoms with Gasteiger partial charge >= 0.3 is 0 Å². The van der Waals surface area contributed by atoms with Crippen molar-refractivity contribution in [1.29, 1.82) is 0 Å². The van der Waals surface area contributed by atoms with E-state index in [-0.39, 0.29) is 0 Å². The Balaban J connectivity index is 2.23. The Kier molecular flexibility index (Phi) is 1.50. The molecule has 2 rings (SSSR count). The molecular formula is C9H12N. The molecule has 0 aromatic rings. The number of rotatable bonds is 0. The molecule has 0 fully saturated rings. The van der Waals surface area contributed by atoms with Crippen LogP contribution in [0.2, 0.25) is 0 Å². The highest BCUT2D eigenvalue weighted by Crippen LogP contribution is 2.25. The maximum atomic E-state index is 4.44. The van der Waals surface area contributed by atoms with Gasteiger partial charge in [-0.15, -0.1) is 0 Å². The quantitative estimate of drug-likeness (QED) is 0.481. The molecule has 1 heteroatoms. The number of hydrogen-bond donors (Lipinski definition) is 0. The highest BCUT2D eigenvalue weighted by molar-refractivity contribution is 5.29. The average Bonchev–Trinajstić information content (AvgIpc) is 2.05. The fourth-order valence-corrected chi connectivity index (χ4v) is 1.63. The van der Waals surface area contributed by atoms with Crippen LogP contribution in [0, 0.1) is 0 Å². The molecule has 0 amide bonds. The lowest BCUT2D eigenvalue weighted by molar-refractivity contribution is 0.626. The molecule has 0 unspecified atom stereocenters. The average molecular weight is 134 g/mol. The van der Waals surface area contributed by atoms with E-state index in [4.69, 9.17) is 0 Å². The Labute approximate surface area is 61.8 Å². The summed E-state index contributed by atoms with van der Waals surface area (Å²) in [5, 5.41) is 4.44. The first-order chi connectivity index (χ1) is 4.97. The van der Waals surface area contributed by atoms with Gasteiger partial charge in [0.1, 0.15) is 0 Å². The van der Waals surface area contributed by atoms with Crippen LogP contribution in [0.5, 0.6) is 0 Å². The molecular weight excluding hydrogens is 122 g/mol. The molecule has 0 aromatic carbocycles. The number of allylic oxidation sites excluding steroid dienone is 3. The van der Waals surface area contributed by atoms with E-state index in [0.717, 1.165) is 6.54 Å². The first-order valence-corrected chi connectivity index (χ1v) is 4.03. The summed E-state index contributed by atoms with van der Waals surface area (Å²) in [4.78, 5) is 0. The van der Waals surface area contributed by atoms with Crippen molar-refractivity contribution >= 4 is 0 Å². The van der Waals surface area contributed by atoms with Gasteiger partial charge in [0.2, 0.25) is 0 Å². The van der Waals surface area contributed by atoms with Gasteiger partial charge in [0.05, 0.1) is 6.54 Å². The largest absolute Gasteiger partial charge is 0.285 e. The van der Waals surface area contributed by atoms with Crippen molar-refractivity contribution in [2.45, 2.75) is 25.7 Å². The second-order valence-corrected chi connectivity index (χ2v) is 2.92. The van der Waals surface area contributed by atoms with Crippen LogP contribution >= 0.6 is 0 Å². The summed E-state index contributed by atoms with van der Waals surface area (Å²) < 4.78 is 0. The highest BCUT2D eigenvalue weighted by atomic mass is 14.9. The van der Waals surface area contributed by atoms with Crippen LogP contribution in [0.25, 0.3) is 0 Å². The fourth-order valence-electron chi connectivity index (χ4n) is 1.63. The first-order valence-electron chi connectivity index (χ1n) is 4.03. The van der Waals surface area contributed by atoms with Gasteiger partial charge in [-0.3, -0.25) is 5.32 Å². The molecule has 0 atom stereocenters. The minimum atomic E-state index is 0.916. The van der Waals surface area contributed by atoms with Crippen LogP contribution in [0.1, 0.15) is 25.7 Å². The van der Waals surface area contributed by atoms with Crippen molar-refractivity contribution in [1.82, 2.24) is 5.32 Å². The van der Waals surface area contributed by atoms with Gasteiger partial charge in [-0.25, -0.2) is 0 Å². The van der Waals surface area contributed by atoms with Gasteiger partial charge in [-0.2, -0.15) is 0 Å². The zero-order valence-electron chi connectivity index (χ0n) is 6.14. The second-order valence-electron chi connectivity index (χ2n) is 2.92. The van der Waals surface area contributed by atoms with Crippen LogP contribution in [-0.4, -0.2) is 6.54 Å². The summed E-state index contributed by atoms with van der Waals surface area (Å²) in [6, 6.07) is 0. The van der Waals surface area contributed by atoms with Gasteiger partial charge < -0.3 is 0 Å². The minimum absolute atomic E-state index is 0.916. The fraction of sp³-hybridized carbons (Fsp3) is 0.556. The molecule has 1 heterocycles. The Hall–Kier alpha value is -0.720. The van der Waals surface area contributed by atoms with Crippen molar-refractivity contribution in [3.8, 4) is 0 Å². The Morgan fingerprint density at radius 1 is 1.20 bits per heavy atom. The van der Waals surface area contributed by atoms with Crippen molar-refractivity contribution in [3.63, 3.8) is 0 Å². The molecule has 0 saturated carbocycles. The summed E-state index contributed by atoms with van der Waals surface area (Å²) in [5.41, 5.74) is 2.88. The molecule has 10 heavy (non-hydrogen) atoms. The molecule has 1 aliphatic heterocycles. The Morgan fingerprint density at radius 2 is 2.10 bits per heavy atom. The highest BCUT2D eigenvalue weighted by Gasteiger charge is 2.12. The van der Waals surface area contributed by atoms with Crippen LogP contribution in [0.15, 0.2) is 23.4 Å². The summed E-state index contributed by atoms with van der Waals surface area (Å²) in [5.74, 6) is 0. The lowest BCUT2D eigenvalue weighted by atomic mass is 9.94. The molecule has 0 saturated heterocycles. The summed E-state index contributed by atoms with van der Waals surface area (Å²) in [6.07, 6.45) is 9.59. The van der Waals surface area contributed by atoms with E-state index in [0.29, 0.717) is 0 Å². The third-order valence-corrected chi connectivity index (χ3v) is 2.19. The molecule has 0 spiro atoms. The van der Waals surface area contributed by atoms with Crippen LogP contribution < -0.4 is 5.32 Å². The van der Waals surface area contributed by atoms with E-state index in [1.165, 1.54) is 37.0 Å². The molecule has 1 nitrogen and oxygen atoms in total. The topological polar surface area (TPSA) is 14.1 Å². The molecule has 0 bridgehead atoms. The Bertz CT molecular complexity index is 189. The van der Waals surface area contributed by atoms with E-state index in [1.54, 1.807) is 0 Å². The van der Waals surface area contributed by atoms with Gasteiger partial charge in [-0.1, -0.05) is 12.2 Å². The summed E-state index contributed by atoms with van der Waals surface area (Å²) >= 11 is 0. The molecule has 53 valence electrons. The molecule has 1 aliphatic carbocycles. The monoisotopic (exact) mass is 134 g/mol. The third-order valence-electron chi connectivity index (χ3n) is 2.19. The van der Waals surface area contributed by atoms with E-state index >= 15 is 0 Å². The van der Waals surface area contributed by atoms with Gasteiger partial charge in [0.25, 0.3) is 0 Å². The molecule has 2 aliphatic rings. The van der Waals surface area contributed by atoms with Gasteiger partial charge in [0, 0.05) is 5.70 Å². The molecule has 0 N–H and O–H groups in total. The van der Waals surface area contributed by atoms with Crippen LogP contribution in [-0.2, 0) is 0 Å². The van der Waals surface area contributed by atoms with E-state index in [9.17, 15) is 0 Å². The van der Waals surface area contributed by atoms with Gasteiger partial charge in [0.15, 0.2) is 0 Å². The van der Waals surface area contributed by atoms with E-state index < -0.39 is 0 Å². The zero-order valence-corrected chi connectivity index (χ0v) is 6.14. The lowest BCUT2D eigenvalue weighted by Gasteiger charge is -2.19. The van der Waals surface area contributed by atoms with Crippen molar-refractivity contribution in [2.24, 2.45) is 0 Å². The zero-order chi connectivity index (χ0) is 6.81. The van der Waals surface area contributed by atoms with Crippen LogP contribution in [0.4, 0.5) is 0 Å². The van der Waals surface area contributed by atoms with Crippen molar-refractivity contribution in [2.75, 3.05) is 6.54 Å². The Morgan fingerprint density at radius 3 is 3.00 bits per heavy atom. The maximum Gasteiger partial charge on any atom is 0.0576 e. The number of nitrogens with zero attached hydrogens (tertiary/aromatic N) is 1. The maximum absolute atomic E-state index is 4.44. The standard InChI is InChI=1S/C9H12N/c1-2-6-9-8(4-1)5-3-7-10-9/h3,5H,1-2,4,6-7H2. The number of hydrogen-bond acceptors (Lipinski definition) is 0. The van der Waals surface area contributed by atoms with E-state index in [1.807, 2.05) is 0 Å². The van der Waals surface area contributed by atoms with Crippen LogP contribution in [0.3, 0.4) is 0 Å². The lowest BCUT2D eigenvalue weighted by Crippen LogP contribution is -2.13. The normalized spacial score (nSPS) is 24.0. The van der Waals surface area contributed by atoms with Crippen molar-refractivity contribution < 1.29 is 0 Å². The molecule has 1 radical (unpaired) electrons. The summed E-state index contributed by atoms with van der Waals surface area (Å²) in [7, 11) is 0. The predicted molar refractivity (Wildman–Crippen MR) is 41.6 cm³/mol. The van der Waals surface area contributed by atoms with Gasteiger partial charge in [-0.05, 0) is 31.3 Å². The van der Waals surface area contributed by atoms with E-state index in [2.05, 4.69) is 17.5 Å².